The van der Waals surface area contributed by atoms with Gasteiger partial charge in [0.25, 0.3) is 0 Å². The summed E-state index contributed by atoms with van der Waals surface area (Å²) >= 11 is 8.55. The van der Waals surface area contributed by atoms with E-state index in [0.29, 0.717) is 38.9 Å². The molecule has 4 aromatic rings. The zero-order valence-corrected chi connectivity index (χ0v) is 20.7. The Kier molecular flexibility index (Phi) is 7.67. The first kappa shape index (κ1) is 24.0. The molecule has 1 aromatic carbocycles. The van der Waals surface area contributed by atoms with Gasteiger partial charge in [-0.3, -0.25) is 19.6 Å². The molecule has 0 spiro atoms. The molecule has 34 heavy (non-hydrogen) atoms. The number of thiophene rings is 2. The van der Waals surface area contributed by atoms with Crippen LogP contribution in [0.4, 0.5) is 0 Å². The molecule has 0 atom stereocenters. The van der Waals surface area contributed by atoms with Gasteiger partial charge in [-0.05, 0) is 60.9 Å². The van der Waals surface area contributed by atoms with Crippen LogP contribution in [-0.4, -0.2) is 33.9 Å². The van der Waals surface area contributed by atoms with E-state index in [4.69, 9.17) is 11.6 Å². The summed E-state index contributed by atoms with van der Waals surface area (Å²) < 4.78 is 0. The summed E-state index contributed by atoms with van der Waals surface area (Å²) in [7, 11) is 0. The first-order valence-corrected chi connectivity index (χ1v) is 12.6. The lowest BCUT2D eigenvalue weighted by Gasteiger charge is -2.02. The van der Waals surface area contributed by atoms with E-state index in [2.05, 4.69) is 9.98 Å². The Morgan fingerprint density at radius 2 is 1.68 bits per heavy atom. The minimum atomic E-state index is -0.162. The number of hydrogen-bond donors (Lipinski definition) is 1. The third-order valence-corrected chi connectivity index (χ3v) is 7.70. The number of carbonyl (C=O) groups is 2. The molecule has 0 saturated heterocycles. The molecule has 0 bridgehead atoms. The predicted molar refractivity (Wildman–Crippen MR) is 139 cm³/mol. The largest absolute Gasteiger partial charge is 0.506 e. The van der Waals surface area contributed by atoms with E-state index in [9.17, 15) is 14.7 Å². The smallest absolute Gasteiger partial charge is 0.194 e. The number of benzene rings is 1. The number of nitrogens with zero attached hydrogens (tertiary/aromatic N) is 2. The number of hydrogen-bond acceptors (Lipinski definition) is 7. The summed E-state index contributed by atoms with van der Waals surface area (Å²) in [6.45, 7) is 1.71. The van der Waals surface area contributed by atoms with Crippen LogP contribution in [0.5, 0.6) is 5.75 Å². The summed E-state index contributed by atoms with van der Waals surface area (Å²) in [5, 5.41) is 13.1. The maximum atomic E-state index is 12.7. The minimum absolute atomic E-state index is 0.0125. The highest BCUT2D eigenvalue weighted by Crippen LogP contribution is 2.39. The number of rotatable bonds is 9. The lowest BCUT2D eigenvalue weighted by Crippen LogP contribution is -2.04. The minimum Gasteiger partial charge on any atom is -0.506 e. The van der Waals surface area contributed by atoms with Gasteiger partial charge in [-0.1, -0.05) is 23.7 Å². The van der Waals surface area contributed by atoms with Crippen molar-refractivity contribution in [1.29, 1.82) is 0 Å². The summed E-state index contributed by atoms with van der Waals surface area (Å²) in [5.74, 6) is -0.0112. The van der Waals surface area contributed by atoms with Gasteiger partial charge in [-0.15, -0.1) is 22.7 Å². The van der Waals surface area contributed by atoms with Crippen LogP contribution in [-0.2, 0) is 6.42 Å². The van der Waals surface area contributed by atoms with Gasteiger partial charge >= 0.3 is 0 Å². The van der Waals surface area contributed by atoms with Crippen LogP contribution in [0.3, 0.4) is 0 Å². The van der Waals surface area contributed by atoms with Crippen molar-refractivity contribution in [3.05, 3.63) is 92.2 Å². The Bertz CT molecular complexity index is 1340. The zero-order valence-electron chi connectivity index (χ0n) is 18.3. The molecule has 0 aliphatic rings. The van der Waals surface area contributed by atoms with Gasteiger partial charge in [0.05, 0.1) is 14.6 Å². The van der Waals surface area contributed by atoms with Crippen LogP contribution >= 0.6 is 34.3 Å². The number of pyridine rings is 1. The van der Waals surface area contributed by atoms with E-state index in [1.54, 1.807) is 43.6 Å². The topological polar surface area (TPSA) is 79.6 Å². The van der Waals surface area contributed by atoms with Crippen LogP contribution in [0.15, 0.2) is 71.3 Å². The number of Topliss-reactive ketones (excluding diaryl/α,β-unsaturated/α-hetero) is 2. The average Bonchev–Trinajstić information content (AvgIpc) is 3.49. The van der Waals surface area contributed by atoms with Crippen LogP contribution in [0, 0.1) is 0 Å². The Labute approximate surface area is 210 Å². The van der Waals surface area contributed by atoms with Gasteiger partial charge < -0.3 is 5.11 Å². The molecular formula is C26H21ClN2O3S2. The molecule has 0 aliphatic carbocycles. The summed E-state index contributed by atoms with van der Waals surface area (Å²) in [6.07, 6.45) is 4.42. The number of carbonyl (C=O) groups excluding carboxylic acids is 2. The molecule has 1 N–H and O–H groups in total. The van der Waals surface area contributed by atoms with Crippen LogP contribution in [0.25, 0.3) is 10.4 Å². The number of aromatic hydroxyl groups is 1. The number of aromatic nitrogens is 1. The van der Waals surface area contributed by atoms with Crippen molar-refractivity contribution in [2.45, 2.75) is 19.8 Å². The maximum absolute atomic E-state index is 12.7. The Balaban J connectivity index is 1.39. The lowest BCUT2D eigenvalue weighted by molar-refractivity contribution is 0.0984. The highest BCUT2D eigenvalue weighted by atomic mass is 35.5. The Morgan fingerprint density at radius 3 is 2.38 bits per heavy atom. The van der Waals surface area contributed by atoms with Gasteiger partial charge in [-0.2, -0.15) is 0 Å². The fraction of sp³-hybridized carbons (Fsp3) is 0.154. The second-order valence-electron chi connectivity index (χ2n) is 7.60. The second kappa shape index (κ2) is 10.9. The van der Waals surface area contributed by atoms with Crippen molar-refractivity contribution in [3.8, 4) is 16.2 Å². The van der Waals surface area contributed by atoms with Gasteiger partial charge in [0.2, 0.25) is 0 Å². The molecule has 172 valence electrons. The molecule has 0 fully saturated rings. The highest BCUT2D eigenvalue weighted by molar-refractivity contribution is 7.16. The summed E-state index contributed by atoms with van der Waals surface area (Å²) in [6, 6.07) is 14.4. The summed E-state index contributed by atoms with van der Waals surface area (Å²) in [4.78, 5) is 35.3. The molecule has 8 heteroatoms. The van der Waals surface area contributed by atoms with Crippen LogP contribution < -0.4 is 0 Å². The van der Waals surface area contributed by atoms with Gasteiger partial charge in [0, 0.05) is 40.5 Å². The third-order valence-electron chi connectivity index (χ3n) is 5.27. The molecule has 0 saturated carbocycles. The molecule has 0 radical (unpaired) electrons. The van der Waals surface area contributed by atoms with Crippen molar-refractivity contribution in [3.63, 3.8) is 0 Å². The summed E-state index contributed by atoms with van der Waals surface area (Å²) in [5.41, 5.74) is 3.09. The van der Waals surface area contributed by atoms with E-state index in [-0.39, 0.29) is 23.9 Å². The molecule has 0 unspecified atom stereocenters. The Hall–Kier alpha value is -3.13. The molecule has 0 amide bonds. The monoisotopic (exact) mass is 508 g/mol. The van der Waals surface area contributed by atoms with Crippen molar-refractivity contribution in [2.75, 3.05) is 6.54 Å². The molecular weight excluding hydrogens is 488 g/mol. The fourth-order valence-electron chi connectivity index (χ4n) is 3.34. The molecule has 3 heterocycles. The number of ketones is 2. The van der Waals surface area contributed by atoms with Gasteiger partial charge in [0.15, 0.2) is 11.6 Å². The fourth-order valence-corrected chi connectivity index (χ4v) is 5.38. The van der Waals surface area contributed by atoms with Crippen molar-refractivity contribution in [2.24, 2.45) is 4.99 Å². The number of halogens is 1. The first-order valence-electron chi connectivity index (χ1n) is 10.6. The molecule has 4 rings (SSSR count). The van der Waals surface area contributed by atoms with E-state index in [1.807, 2.05) is 29.6 Å². The van der Waals surface area contributed by atoms with E-state index in [1.165, 1.54) is 22.7 Å². The SMILES string of the molecule is CC(=NCC(=O)c1ccc(C(=O)CCc2ccncc2)s1)c1csc(-c2ccc(Cl)cc2)c1O. The number of aliphatic imine (C=N–C) groups is 1. The van der Waals surface area contributed by atoms with E-state index < -0.39 is 0 Å². The Morgan fingerprint density at radius 1 is 1.00 bits per heavy atom. The normalized spacial score (nSPS) is 11.5. The van der Waals surface area contributed by atoms with Crippen molar-refractivity contribution < 1.29 is 14.7 Å². The highest BCUT2D eigenvalue weighted by Gasteiger charge is 2.17. The molecule has 5 nitrogen and oxygen atoms in total. The van der Waals surface area contributed by atoms with Crippen molar-refractivity contribution >= 4 is 51.6 Å². The third kappa shape index (κ3) is 5.67. The first-order chi connectivity index (χ1) is 16.4. The molecule has 0 aliphatic heterocycles. The van der Waals surface area contributed by atoms with Crippen LogP contribution in [0.2, 0.25) is 5.02 Å². The molecule has 3 aromatic heterocycles. The second-order valence-corrected chi connectivity index (χ2v) is 10.0. The maximum Gasteiger partial charge on any atom is 0.194 e. The van der Waals surface area contributed by atoms with E-state index in [0.717, 1.165) is 16.0 Å². The predicted octanol–water partition coefficient (Wildman–Crippen LogP) is 6.74. The standard InChI is InChI=1S/C26H21ClN2O3S2/c1-16(20-15-33-26(25(20)32)18-3-5-19(27)6-4-18)29-14-22(31)24-9-8-23(34-24)21(30)7-2-17-10-12-28-13-11-17/h3-6,8-13,15,32H,2,7,14H2,1H3. The van der Waals surface area contributed by atoms with Crippen LogP contribution in [0.1, 0.15) is 43.8 Å². The average molecular weight is 509 g/mol. The van der Waals surface area contributed by atoms with Crippen molar-refractivity contribution in [1.82, 2.24) is 4.98 Å². The van der Waals surface area contributed by atoms with Gasteiger partial charge in [0.1, 0.15) is 12.3 Å². The van der Waals surface area contributed by atoms with E-state index >= 15 is 0 Å². The lowest BCUT2D eigenvalue weighted by atomic mass is 10.1. The number of aryl methyl sites for hydroxylation is 1. The zero-order chi connectivity index (χ0) is 24.1. The van der Waals surface area contributed by atoms with Gasteiger partial charge in [-0.25, -0.2) is 0 Å². The quantitative estimate of drug-likeness (QED) is 0.200.